The van der Waals surface area contributed by atoms with E-state index in [-0.39, 0.29) is 13.0 Å². The summed E-state index contributed by atoms with van der Waals surface area (Å²) in [5.41, 5.74) is 4.27. The van der Waals surface area contributed by atoms with Gasteiger partial charge < -0.3 is 20.4 Å². The highest BCUT2D eigenvalue weighted by Gasteiger charge is 2.09. The number of aromatic hydroxyl groups is 1. The molecule has 4 N–H and O–H groups in total. The number of hydrogen-bond acceptors (Lipinski definition) is 4. The van der Waals surface area contributed by atoms with E-state index in [9.17, 15) is 14.6 Å². The highest BCUT2D eigenvalue weighted by atomic mass is 19.1. The van der Waals surface area contributed by atoms with Gasteiger partial charge in [-0.2, -0.15) is 0 Å². The summed E-state index contributed by atoms with van der Waals surface area (Å²) in [5.74, 6) is -1.22. The van der Waals surface area contributed by atoms with Crippen LogP contribution in [0.3, 0.4) is 0 Å². The molecule has 1 rings (SSSR count). The molecule has 0 radical (unpaired) electrons. The quantitative estimate of drug-likeness (QED) is 0.556. The number of halogens is 1. The fourth-order valence-corrected chi connectivity index (χ4v) is 2.07. The Kier molecular flexibility index (Phi) is 7.85. The summed E-state index contributed by atoms with van der Waals surface area (Å²) in [4.78, 5) is 0. The van der Waals surface area contributed by atoms with Crippen LogP contribution in [-0.2, 0) is 0 Å². The lowest BCUT2D eigenvalue weighted by atomic mass is 10.0. The first-order chi connectivity index (χ1) is 10.5. The Morgan fingerprint density at radius 1 is 1.36 bits per heavy atom. The van der Waals surface area contributed by atoms with Crippen LogP contribution in [0.2, 0.25) is 0 Å². The topological polar surface area (TPSA) is 80.9 Å². The van der Waals surface area contributed by atoms with Gasteiger partial charge in [0.1, 0.15) is 0 Å². The van der Waals surface area contributed by atoms with Crippen LogP contribution < -0.4 is 0 Å². The molecular formula is C17H23FO4. The Bertz CT molecular complexity index is 535. The molecule has 4 nitrogen and oxygen atoms in total. The Labute approximate surface area is 129 Å². The largest absolute Gasteiger partial charge is 0.505 e. The molecular weight excluding hydrogens is 287 g/mol. The van der Waals surface area contributed by atoms with Crippen LogP contribution in [0.25, 0.3) is 0 Å². The predicted octanol–water partition coefficient (Wildman–Crippen LogP) is 2.58. The van der Waals surface area contributed by atoms with Crippen LogP contribution in [0.5, 0.6) is 5.75 Å². The zero-order valence-electron chi connectivity index (χ0n) is 12.7. The molecule has 0 amide bonds. The molecule has 122 valence electrons. The lowest BCUT2D eigenvalue weighted by Crippen LogP contribution is -2.12. The molecule has 0 aliphatic carbocycles. The highest BCUT2D eigenvalue weighted by Crippen LogP contribution is 2.23. The van der Waals surface area contributed by atoms with Crippen LogP contribution >= 0.6 is 0 Å². The first-order valence-electron chi connectivity index (χ1n) is 7.36. The second kappa shape index (κ2) is 9.38. The van der Waals surface area contributed by atoms with Gasteiger partial charge in [0, 0.05) is 12.8 Å². The maximum absolute atomic E-state index is 13.2. The number of aliphatic hydroxyl groups excluding tert-OH is 3. The lowest BCUT2D eigenvalue weighted by Gasteiger charge is -2.09. The van der Waals surface area contributed by atoms with E-state index in [0.717, 1.165) is 24.5 Å². The second-order valence-corrected chi connectivity index (χ2v) is 5.20. The highest BCUT2D eigenvalue weighted by molar-refractivity contribution is 5.29. The number of phenolic OH excluding ortho intramolecular Hbond substituents is 1. The van der Waals surface area contributed by atoms with Crippen molar-refractivity contribution in [3.8, 4) is 5.75 Å². The van der Waals surface area contributed by atoms with Crippen LogP contribution in [0, 0.1) is 5.82 Å². The van der Waals surface area contributed by atoms with Crippen molar-refractivity contribution in [1.82, 2.24) is 0 Å². The lowest BCUT2D eigenvalue weighted by molar-refractivity contribution is 0.0948. The first kappa shape index (κ1) is 18.4. The van der Waals surface area contributed by atoms with E-state index in [2.05, 4.69) is 5.73 Å². The number of phenols is 1. The predicted molar refractivity (Wildman–Crippen MR) is 81.9 cm³/mol. The minimum Gasteiger partial charge on any atom is -0.505 e. The normalized spacial score (nSPS) is 13.3. The first-order valence-corrected chi connectivity index (χ1v) is 7.36. The molecule has 5 heteroatoms. The molecule has 0 aliphatic rings. The standard InChI is InChI=1S/C17H23FO4/c1-2-4-12(9-14(20)11-19)5-3-6-16(21)13-7-8-17(22)15(18)10-13/h3,7-8,10,14,16,19-22H,2,4,6,9,11H2,1H3/t5?,14-,16-/m1/s1. The van der Waals surface area contributed by atoms with E-state index in [1.54, 1.807) is 6.08 Å². The minimum atomic E-state index is -0.895. The smallest absolute Gasteiger partial charge is 0.165 e. The van der Waals surface area contributed by atoms with Crippen molar-refractivity contribution in [2.45, 2.75) is 44.8 Å². The van der Waals surface area contributed by atoms with E-state index in [1.165, 1.54) is 12.1 Å². The molecule has 0 heterocycles. The van der Waals surface area contributed by atoms with Gasteiger partial charge in [-0.05, 0) is 35.8 Å². The fourth-order valence-electron chi connectivity index (χ4n) is 2.07. The van der Waals surface area contributed by atoms with E-state index >= 15 is 0 Å². The van der Waals surface area contributed by atoms with Gasteiger partial charge in [-0.1, -0.05) is 19.4 Å². The summed E-state index contributed by atoms with van der Waals surface area (Å²) in [6.07, 6.45) is 2.16. The van der Waals surface area contributed by atoms with Gasteiger partial charge >= 0.3 is 0 Å². The van der Waals surface area contributed by atoms with Crippen molar-refractivity contribution < 1.29 is 24.8 Å². The van der Waals surface area contributed by atoms with Crippen LogP contribution in [-0.4, -0.2) is 33.1 Å². The van der Waals surface area contributed by atoms with E-state index < -0.39 is 23.8 Å². The molecule has 1 aromatic rings. The van der Waals surface area contributed by atoms with E-state index in [0.29, 0.717) is 12.0 Å². The molecule has 0 bridgehead atoms. The molecule has 0 saturated carbocycles. The van der Waals surface area contributed by atoms with Crippen molar-refractivity contribution in [2.75, 3.05) is 6.61 Å². The molecule has 0 aromatic heterocycles. The van der Waals surface area contributed by atoms with Gasteiger partial charge in [0.2, 0.25) is 0 Å². The monoisotopic (exact) mass is 310 g/mol. The Morgan fingerprint density at radius 2 is 2.09 bits per heavy atom. The van der Waals surface area contributed by atoms with Gasteiger partial charge in [-0.25, -0.2) is 4.39 Å². The summed E-state index contributed by atoms with van der Waals surface area (Å²) in [6.45, 7) is 1.70. The molecule has 0 aliphatic heterocycles. The molecule has 1 aromatic carbocycles. The number of hydrogen-bond donors (Lipinski definition) is 4. The summed E-state index contributed by atoms with van der Waals surface area (Å²) < 4.78 is 13.2. The van der Waals surface area contributed by atoms with Crippen molar-refractivity contribution >= 4 is 0 Å². The number of rotatable bonds is 8. The molecule has 0 spiro atoms. The molecule has 2 atom stereocenters. The summed E-state index contributed by atoms with van der Waals surface area (Å²) in [7, 11) is 0. The summed E-state index contributed by atoms with van der Waals surface area (Å²) >= 11 is 0. The zero-order chi connectivity index (χ0) is 16.5. The van der Waals surface area contributed by atoms with Gasteiger partial charge in [0.25, 0.3) is 0 Å². The van der Waals surface area contributed by atoms with Gasteiger partial charge in [-0.3, -0.25) is 0 Å². The molecule has 0 fully saturated rings. The van der Waals surface area contributed by atoms with Crippen LogP contribution in [0.4, 0.5) is 4.39 Å². The van der Waals surface area contributed by atoms with Gasteiger partial charge in [-0.15, -0.1) is 5.73 Å². The SMILES string of the molecule is CCCC(=C=CC[C@@H](O)c1ccc(O)c(F)c1)C[C@@H](O)CO. The second-order valence-electron chi connectivity index (χ2n) is 5.20. The van der Waals surface area contributed by atoms with Crippen LogP contribution in [0.15, 0.2) is 35.6 Å². The Hall–Kier alpha value is -1.65. The fraction of sp³-hybridized carbons (Fsp3) is 0.471. The molecule has 22 heavy (non-hydrogen) atoms. The number of aliphatic hydroxyl groups is 3. The third-order valence-electron chi connectivity index (χ3n) is 3.25. The number of benzene rings is 1. The average molecular weight is 310 g/mol. The third-order valence-corrected chi connectivity index (χ3v) is 3.25. The average Bonchev–Trinajstić information content (AvgIpc) is 2.49. The van der Waals surface area contributed by atoms with Crippen molar-refractivity contribution in [2.24, 2.45) is 0 Å². The molecule has 0 saturated heterocycles. The Morgan fingerprint density at radius 3 is 2.68 bits per heavy atom. The van der Waals surface area contributed by atoms with E-state index in [4.69, 9.17) is 10.2 Å². The zero-order valence-corrected chi connectivity index (χ0v) is 12.7. The minimum absolute atomic E-state index is 0.243. The third kappa shape index (κ3) is 6.00. The van der Waals surface area contributed by atoms with Crippen molar-refractivity contribution in [3.63, 3.8) is 0 Å². The van der Waals surface area contributed by atoms with Gasteiger partial charge in [0.15, 0.2) is 11.6 Å². The van der Waals surface area contributed by atoms with Crippen molar-refractivity contribution in [3.05, 3.63) is 47.0 Å². The van der Waals surface area contributed by atoms with Crippen molar-refractivity contribution in [1.29, 1.82) is 0 Å². The maximum atomic E-state index is 13.2. The molecule has 0 unspecified atom stereocenters. The van der Waals surface area contributed by atoms with E-state index in [1.807, 2.05) is 6.92 Å². The summed E-state index contributed by atoms with van der Waals surface area (Å²) in [5, 5.41) is 37.4. The Balaban J connectivity index is 2.74. The van der Waals surface area contributed by atoms with Gasteiger partial charge in [0.05, 0.1) is 18.8 Å². The summed E-state index contributed by atoms with van der Waals surface area (Å²) in [6, 6.07) is 3.76. The maximum Gasteiger partial charge on any atom is 0.165 e. The van der Waals surface area contributed by atoms with Crippen LogP contribution in [0.1, 0.15) is 44.3 Å².